The topological polar surface area (TPSA) is 215 Å². The summed E-state index contributed by atoms with van der Waals surface area (Å²) in [5.41, 5.74) is 8.32. The third-order valence-corrected chi connectivity index (χ3v) is 14.0. The highest BCUT2D eigenvalue weighted by Gasteiger charge is 2.30. The van der Waals surface area contributed by atoms with E-state index in [9.17, 15) is 33.6 Å². The van der Waals surface area contributed by atoms with Crippen LogP contribution in [0.15, 0.2) is 65.5 Å². The van der Waals surface area contributed by atoms with Gasteiger partial charge in [0.1, 0.15) is 12.3 Å². The molecule has 1 aromatic heterocycles. The molecule has 398 valence electrons. The van der Waals surface area contributed by atoms with Crippen LogP contribution in [-0.4, -0.2) is 161 Å². The zero-order valence-electron chi connectivity index (χ0n) is 44.0. The lowest BCUT2D eigenvalue weighted by atomic mass is 9.94. The van der Waals surface area contributed by atoms with Crippen molar-refractivity contribution in [2.24, 2.45) is 0 Å². The van der Waals surface area contributed by atoms with Gasteiger partial charge in [-0.1, -0.05) is 36.4 Å². The molecule has 1 atom stereocenters. The number of piperazine rings is 1. The summed E-state index contributed by atoms with van der Waals surface area (Å²) in [4.78, 5) is 99.8. The Morgan fingerprint density at radius 1 is 0.905 bits per heavy atom. The van der Waals surface area contributed by atoms with Gasteiger partial charge in [0.25, 0.3) is 17.4 Å². The van der Waals surface area contributed by atoms with Crippen LogP contribution >= 0.6 is 0 Å². The Labute approximate surface area is 434 Å². The van der Waals surface area contributed by atoms with E-state index in [2.05, 4.69) is 78.2 Å². The van der Waals surface area contributed by atoms with E-state index in [-0.39, 0.29) is 47.9 Å². The van der Waals surface area contributed by atoms with E-state index in [0.717, 1.165) is 85.7 Å². The first-order chi connectivity index (χ1) is 35.8. The molecule has 5 N–H and O–H groups in total. The molecule has 2 fully saturated rings. The van der Waals surface area contributed by atoms with Gasteiger partial charge in [-0.05, 0) is 105 Å². The van der Waals surface area contributed by atoms with E-state index in [4.69, 9.17) is 9.47 Å². The Balaban J connectivity index is 0.946. The number of ether oxygens (including phenoxy) is 2. The maximum Gasteiger partial charge on any atom is 0.257 e. The number of aldehydes is 2. The Kier molecular flexibility index (Phi) is 21.5. The van der Waals surface area contributed by atoms with Gasteiger partial charge in [-0.2, -0.15) is 0 Å². The number of pyridine rings is 1. The molecular weight excluding hydrogens is 943 g/mol. The predicted molar refractivity (Wildman–Crippen MR) is 287 cm³/mol. The number of aromatic nitrogens is 1. The lowest BCUT2D eigenvalue weighted by Crippen LogP contribution is -2.49. The third-order valence-electron chi connectivity index (χ3n) is 14.0. The molecule has 0 radical (unpaired) electrons. The molecule has 3 aromatic carbocycles. The van der Waals surface area contributed by atoms with Gasteiger partial charge in [0.2, 0.25) is 11.8 Å². The number of rotatable bonds is 26. The molecule has 4 amide bonds. The van der Waals surface area contributed by atoms with Gasteiger partial charge in [0.15, 0.2) is 6.29 Å². The number of amides is 4. The van der Waals surface area contributed by atoms with E-state index in [1.807, 2.05) is 32.9 Å². The first-order valence-corrected chi connectivity index (χ1v) is 25.9. The van der Waals surface area contributed by atoms with E-state index in [1.165, 1.54) is 30.6 Å². The number of likely N-dealkylation sites (N-methyl/N-ethyl adjacent to an activating group) is 2. The zero-order valence-corrected chi connectivity index (χ0v) is 44.0. The van der Waals surface area contributed by atoms with Gasteiger partial charge >= 0.3 is 0 Å². The number of H-pyrrole nitrogens is 1. The number of nitrogens with zero attached hydrogens (tertiary/aromatic N) is 4. The Bertz CT molecular complexity index is 2620. The molecule has 0 saturated carbocycles. The van der Waals surface area contributed by atoms with Crippen LogP contribution in [0.4, 0.5) is 11.4 Å². The van der Waals surface area contributed by atoms with Crippen molar-refractivity contribution in [3.05, 3.63) is 116 Å². The minimum absolute atomic E-state index is 0.0379. The molecule has 18 nitrogen and oxygen atoms in total. The fraction of sp³-hybridized carbons (Fsp3) is 0.482. The Morgan fingerprint density at radius 2 is 1.64 bits per heavy atom. The molecular formula is C56H75N9O9. The summed E-state index contributed by atoms with van der Waals surface area (Å²) in [5.74, 6) is -1.20. The maximum atomic E-state index is 14.0. The summed E-state index contributed by atoms with van der Waals surface area (Å²) in [7, 11) is 2.93. The molecule has 3 heterocycles. The SMILES string of the molecule is CCN(c1cc(-c2ccc(CN3CCN(CC(=O)NCCCOCCNc4cccc(C=O)c4C(=O)N(C)C(CCC=O)C(=O)NC)CC3)cc2)cc(C(=O)NCc2c(C)cc(C)[nH]c2=O)c1C)C1CCOCC1. The average molecular weight is 1020 g/mol. The van der Waals surface area contributed by atoms with Crippen LogP contribution in [0.2, 0.25) is 0 Å². The largest absolute Gasteiger partial charge is 0.382 e. The van der Waals surface area contributed by atoms with Crippen LogP contribution in [0, 0.1) is 20.8 Å². The van der Waals surface area contributed by atoms with E-state index >= 15 is 0 Å². The van der Waals surface area contributed by atoms with Crippen LogP contribution in [-0.2, 0) is 36.9 Å². The van der Waals surface area contributed by atoms with Crippen molar-refractivity contribution in [3.8, 4) is 11.1 Å². The Hall–Kier alpha value is -6.73. The van der Waals surface area contributed by atoms with Crippen molar-refractivity contribution in [1.29, 1.82) is 0 Å². The van der Waals surface area contributed by atoms with Crippen LogP contribution < -0.4 is 31.7 Å². The quantitative estimate of drug-likeness (QED) is 0.0429. The van der Waals surface area contributed by atoms with Crippen LogP contribution in [0.25, 0.3) is 11.1 Å². The molecule has 1 unspecified atom stereocenters. The first-order valence-electron chi connectivity index (χ1n) is 25.9. The smallest absolute Gasteiger partial charge is 0.257 e. The number of aryl methyl sites for hydroxylation is 2. The minimum Gasteiger partial charge on any atom is -0.382 e. The summed E-state index contributed by atoms with van der Waals surface area (Å²) < 4.78 is 11.5. The number of carbonyl (C=O) groups is 6. The third kappa shape index (κ3) is 15.2. The molecule has 6 rings (SSSR count). The van der Waals surface area contributed by atoms with E-state index in [1.54, 1.807) is 12.1 Å². The van der Waals surface area contributed by atoms with Crippen molar-refractivity contribution in [2.75, 3.05) is 103 Å². The molecule has 0 spiro atoms. The monoisotopic (exact) mass is 1020 g/mol. The highest BCUT2D eigenvalue weighted by molar-refractivity contribution is 6.07. The number of hydrogen-bond acceptors (Lipinski definition) is 13. The van der Waals surface area contributed by atoms with Crippen LogP contribution in [0.1, 0.15) is 98.0 Å². The van der Waals surface area contributed by atoms with E-state index in [0.29, 0.717) is 87.9 Å². The lowest BCUT2D eigenvalue weighted by Gasteiger charge is -2.37. The number of aromatic amines is 1. The lowest BCUT2D eigenvalue weighted by molar-refractivity contribution is -0.125. The average Bonchev–Trinajstić information content (AvgIpc) is 3.40. The fourth-order valence-corrected chi connectivity index (χ4v) is 9.84. The second-order valence-corrected chi connectivity index (χ2v) is 19.1. The standard InChI is InChI=1S/C56H75N9O9/c1-7-65(45-18-28-74-29-19-45)50-33-44(32-46(40(50)4)53(69)60-34-47-38(2)31-39(3)61-54(47)70)42-16-14-41(15-17-42)35-63-22-24-64(25-23-63)36-51(68)59-20-10-27-73-30-21-58-48-12-8-11-43(37-67)52(48)56(72)62(6)49(13-9-26-66)55(71)57-5/h8,11-12,14-17,26,31-33,37,45,49,58H,7,9-10,13,18-25,27-30,34-36H2,1-6H3,(H,57,71)(H,59,68)(H,60,69)(H,61,70). The number of carbonyl (C=O) groups excluding carboxylic acids is 6. The normalized spacial score (nSPS) is 14.7. The second kappa shape index (κ2) is 28.1. The molecule has 4 aromatic rings. The number of anilines is 2. The molecule has 18 heteroatoms. The van der Waals surface area contributed by atoms with Crippen LogP contribution in [0.5, 0.6) is 0 Å². The summed E-state index contributed by atoms with van der Waals surface area (Å²) in [5, 5.41) is 11.7. The van der Waals surface area contributed by atoms with Crippen molar-refractivity contribution >= 4 is 47.6 Å². The molecule has 0 aliphatic carbocycles. The van der Waals surface area contributed by atoms with Gasteiger partial charge in [-0.25, -0.2) is 0 Å². The van der Waals surface area contributed by atoms with Gasteiger partial charge in [-0.3, -0.25) is 38.6 Å². The summed E-state index contributed by atoms with van der Waals surface area (Å²) in [6.07, 6.45) is 3.97. The predicted octanol–water partition coefficient (Wildman–Crippen LogP) is 4.63. The maximum absolute atomic E-state index is 14.0. The van der Waals surface area contributed by atoms with Gasteiger partial charge in [0, 0.05) is 139 Å². The van der Waals surface area contributed by atoms with Crippen molar-refractivity contribution in [2.45, 2.75) is 85.0 Å². The zero-order chi connectivity index (χ0) is 53.1. The summed E-state index contributed by atoms with van der Waals surface area (Å²) in [6.45, 7) is 16.0. The van der Waals surface area contributed by atoms with Gasteiger partial charge in [-0.15, -0.1) is 0 Å². The number of benzene rings is 3. The molecule has 2 saturated heterocycles. The number of hydrogen-bond donors (Lipinski definition) is 5. The second-order valence-electron chi connectivity index (χ2n) is 19.1. The van der Waals surface area contributed by atoms with Crippen molar-refractivity contribution in [1.82, 2.24) is 35.6 Å². The highest BCUT2D eigenvalue weighted by Crippen LogP contribution is 2.34. The summed E-state index contributed by atoms with van der Waals surface area (Å²) in [6, 6.07) is 18.9. The molecule has 0 bridgehead atoms. The Morgan fingerprint density at radius 3 is 2.31 bits per heavy atom. The molecule has 2 aliphatic rings. The summed E-state index contributed by atoms with van der Waals surface area (Å²) >= 11 is 0. The van der Waals surface area contributed by atoms with Crippen LogP contribution in [0.3, 0.4) is 0 Å². The van der Waals surface area contributed by atoms with Crippen molar-refractivity contribution < 1.29 is 38.2 Å². The fourth-order valence-electron chi connectivity index (χ4n) is 9.84. The minimum atomic E-state index is -0.889. The first kappa shape index (κ1) is 56.6. The molecule has 74 heavy (non-hydrogen) atoms. The van der Waals surface area contributed by atoms with Gasteiger partial charge < -0.3 is 50.3 Å². The number of nitrogens with one attached hydrogen (secondary N) is 5. The van der Waals surface area contributed by atoms with Gasteiger partial charge in [0.05, 0.1) is 18.7 Å². The molecule has 2 aliphatic heterocycles. The van der Waals surface area contributed by atoms with Crippen molar-refractivity contribution in [3.63, 3.8) is 0 Å². The highest BCUT2D eigenvalue weighted by atomic mass is 16.5. The van der Waals surface area contributed by atoms with E-state index < -0.39 is 17.9 Å².